The molecule has 0 bridgehead atoms. The number of imidazole rings is 1. The number of aliphatic carboxylic acids is 1. The Bertz CT molecular complexity index is 840. The van der Waals surface area contributed by atoms with E-state index in [1.807, 2.05) is 30.3 Å². The second-order valence-electron chi connectivity index (χ2n) is 7.17. The number of benzene rings is 1. The Labute approximate surface area is 168 Å². The Balaban J connectivity index is 1.74. The molecule has 1 aliphatic rings. The lowest BCUT2D eigenvalue weighted by molar-refractivity contribution is -0.149. The largest absolute Gasteiger partial charge is 0.480 e. The predicted octanol–water partition coefficient (Wildman–Crippen LogP) is 0.0826. The van der Waals surface area contributed by atoms with Crippen molar-refractivity contribution in [1.29, 1.82) is 0 Å². The van der Waals surface area contributed by atoms with E-state index in [9.17, 15) is 19.5 Å². The molecule has 0 aliphatic carbocycles. The normalized spacial score (nSPS) is 18.2. The first-order chi connectivity index (χ1) is 14.0. The van der Waals surface area contributed by atoms with E-state index >= 15 is 0 Å². The lowest BCUT2D eigenvalue weighted by atomic mass is 10.0. The number of hydrogen-bond acceptors (Lipinski definition) is 5. The van der Waals surface area contributed by atoms with Gasteiger partial charge in [0.15, 0.2) is 0 Å². The van der Waals surface area contributed by atoms with Crippen molar-refractivity contribution in [3.8, 4) is 0 Å². The summed E-state index contributed by atoms with van der Waals surface area (Å²) in [6.45, 7) is 0.358. The number of aromatic nitrogens is 2. The van der Waals surface area contributed by atoms with E-state index in [0.29, 0.717) is 25.1 Å². The van der Waals surface area contributed by atoms with Crippen LogP contribution in [0.5, 0.6) is 0 Å². The lowest BCUT2D eigenvalue weighted by Crippen LogP contribution is -2.55. The first kappa shape index (κ1) is 20.5. The molecule has 29 heavy (non-hydrogen) atoms. The van der Waals surface area contributed by atoms with Gasteiger partial charge in [0.2, 0.25) is 11.8 Å². The topological polar surface area (TPSA) is 141 Å². The number of hydrogen-bond donors (Lipinski definition) is 4. The van der Waals surface area contributed by atoms with Crippen LogP contribution in [0.2, 0.25) is 0 Å². The molecule has 1 saturated heterocycles. The smallest absolute Gasteiger partial charge is 0.326 e. The molecule has 0 radical (unpaired) electrons. The highest BCUT2D eigenvalue weighted by atomic mass is 16.4. The summed E-state index contributed by atoms with van der Waals surface area (Å²) in [4.78, 5) is 45.4. The average molecular weight is 399 g/mol. The van der Waals surface area contributed by atoms with Gasteiger partial charge in [-0.05, 0) is 18.4 Å². The van der Waals surface area contributed by atoms with Crippen LogP contribution in [0.3, 0.4) is 0 Å². The molecular weight excluding hydrogens is 374 g/mol. The number of carboxylic acid groups (broad SMARTS) is 1. The van der Waals surface area contributed by atoms with Crippen LogP contribution in [0.1, 0.15) is 24.1 Å². The van der Waals surface area contributed by atoms with Crippen LogP contribution in [0.25, 0.3) is 0 Å². The lowest BCUT2D eigenvalue weighted by Gasteiger charge is -2.28. The molecular formula is C20H25N5O4. The van der Waals surface area contributed by atoms with Crippen LogP contribution in [0, 0.1) is 0 Å². The molecule has 1 aromatic carbocycles. The maximum atomic E-state index is 13.1. The van der Waals surface area contributed by atoms with E-state index in [1.54, 1.807) is 6.20 Å². The Morgan fingerprint density at radius 3 is 2.69 bits per heavy atom. The van der Waals surface area contributed by atoms with Gasteiger partial charge in [-0.1, -0.05) is 30.3 Å². The van der Waals surface area contributed by atoms with E-state index in [4.69, 9.17) is 5.73 Å². The zero-order chi connectivity index (χ0) is 20.8. The fourth-order valence-electron chi connectivity index (χ4n) is 3.54. The van der Waals surface area contributed by atoms with Gasteiger partial charge in [0, 0.05) is 31.3 Å². The number of nitrogens with one attached hydrogen (secondary N) is 2. The number of nitrogens with zero attached hydrogens (tertiary/aromatic N) is 2. The van der Waals surface area contributed by atoms with Crippen LogP contribution in [-0.2, 0) is 27.2 Å². The first-order valence-electron chi connectivity index (χ1n) is 9.56. The zero-order valence-corrected chi connectivity index (χ0v) is 16.0. The molecule has 5 N–H and O–H groups in total. The molecule has 2 amide bonds. The number of carbonyl (C=O) groups excluding carboxylic acids is 2. The third-order valence-electron chi connectivity index (χ3n) is 5.05. The average Bonchev–Trinajstić information content (AvgIpc) is 3.39. The molecule has 1 aromatic heterocycles. The van der Waals surface area contributed by atoms with Gasteiger partial charge in [-0.3, -0.25) is 9.59 Å². The van der Waals surface area contributed by atoms with Crippen LogP contribution in [-0.4, -0.2) is 62.4 Å². The van der Waals surface area contributed by atoms with Gasteiger partial charge in [-0.2, -0.15) is 0 Å². The Hall–Kier alpha value is -3.20. The minimum absolute atomic E-state index is 0.250. The van der Waals surface area contributed by atoms with Crippen LogP contribution in [0.4, 0.5) is 0 Å². The molecule has 3 atom stereocenters. The molecule has 1 fully saturated rings. The molecule has 2 aromatic rings. The van der Waals surface area contributed by atoms with Crippen LogP contribution in [0.15, 0.2) is 42.9 Å². The first-order valence-corrected chi connectivity index (χ1v) is 9.56. The second kappa shape index (κ2) is 9.33. The number of rotatable bonds is 8. The van der Waals surface area contributed by atoms with Crippen molar-refractivity contribution in [1.82, 2.24) is 20.2 Å². The minimum atomic E-state index is -1.03. The Morgan fingerprint density at radius 2 is 2.03 bits per heavy atom. The van der Waals surface area contributed by atoms with Crippen molar-refractivity contribution in [2.75, 3.05) is 6.54 Å². The molecule has 2 heterocycles. The summed E-state index contributed by atoms with van der Waals surface area (Å²) in [6, 6.07) is 6.65. The Kier molecular flexibility index (Phi) is 6.61. The predicted molar refractivity (Wildman–Crippen MR) is 105 cm³/mol. The standard InChI is InChI=1S/C20H25N5O4/c21-15(10-14-11-22-12-23-14)18(26)24-16(9-13-5-2-1-3-6-13)19(27)25-8-4-7-17(25)20(28)29/h1-3,5-6,11-12,15-17H,4,7-10,21H2,(H,22,23)(H,24,26)(H,28,29)/t15-,16-,17+/m0/s1. The highest BCUT2D eigenvalue weighted by molar-refractivity contribution is 5.92. The molecule has 1 aliphatic heterocycles. The van der Waals surface area contributed by atoms with E-state index in [0.717, 1.165) is 5.56 Å². The summed E-state index contributed by atoms with van der Waals surface area (Å²) in [6.07, 6.45) is 4.62. The fourth-order valence-corrected chi connectivity index (χ4v) is 3.54. The number of carboxylic acids is 1. The third-order valence-corrected chi connectivity index (χ3v) is 5.05. The molecule has 9 heteroatoms. The fraction of sp³-hybridized carbons (Fsp3) is 0.400. The Morgan fingerprint density at radius 1 is 1.28 bits per heavy atom. The van der Waals surface area contributed by atoms with Crippen molar-refractivity contribution < 1.29 is 19.5 Å². The molecule has 0 saturated carbocycles. The second-order valence-corrected chi connectivity index (χ2v) is 7.17. The number of carbonyl (C=O) groups is 3. The molecule has 0 unspecified atom stereocenters. The summed E-state index contributed by atoms with van der Waals surface area (Å²) >= 11 is 0. The summed E-state index contributed by atoms with van der Waals surface area (Å²) in [7, 11) is 0. The van der Waals surface area contributed by atoms with E-state index in [1.165, 1.54) is 11.2 Å². The van der Waals surface area contributed by atoms with Gasteiger partial charge in [0.05, 0.1) is 12.4 Å². The van der Waals surface area contributed by atoms with Crippen molar-refractivity contribution in [2.24, 2.45) is 5.73 Å². The van der Waals surface area contributed by atoms with Gasteiger partial charge < -0.3 is 26.0 Å². The number of nitrogens with two attached hydrogens (primary N) is 1. The highest BCUT2D eigenvalue weighted by Crippen LogP contribution is 2.19. The third kappa shape index (κ3) is 5.20. The maximum Gasteiger partial charge on any atom is 0.326 e. The highest BCUT2D eigenvalue weighted by Gasteiger charge is 2.38. The molecule has 9 nitrogen and oxygen atoms in total. The van der Waals surface area contributed by atoms with E-state index in [-0.39, 0.29) is 12.8 Å². The van der Waals surface area contributed by atoms with Gasteiger partial charge in [-0.25, -0.2) is 9.78 Å². The van der Waals surface area contributed by atoms with Gasteiger partial charge in [0.1, 0.15) is 12.1 Å². The minimum Gasteiger partial charge on any atom is -0.480 e. The summed E-state index contributed by atoms with van der Waals surface area (Å²) in [5.41, 5.74) is 7.57. The van der Waals surface area contributed by atoms with E-state index in [2.05, 4.69) is 15.3 Å². The van der Waals surface area contributed by atoms with Crippen molar-refractivity contribution in [3.05, 3.63) is 54.1 Å². The van der Waals surface area contributed by atoms with Gasteiger partial charge in [-0.15, -0.1) is 0 Å². The SMILES string of the molecule is N[C@@H](Cc1cnc[nH]1)C(=O)N[C@@H](Cc1ccccc1)C(=O)N1CCC[C@@H]1C(=O)O. The number of likely N-dealkylation sites (tertiary alicyclic amines) is 1. The number of aromatic amines is 1. The summed E-state index contributed by atoms with van der Waals surface area (Å²) < 4.78 is 0. The van der Waals surface area contributed by atoms with Crippen molar-refractivity contribution in [3.63, 3.8) is 0 Å². The quantitative estimate of drug-likeness (QED) is 0.495. The monoisotopic (exact) mass is 399 g/mol. The summed E-state index contributed by atoms with van der Waals surface area (Å²) in [5, 5.41) is 12.1. The van der Waals surface area contributed by atoms with Crippen LogP contribution < -0.4 is 11.1 Å². The van der Waals surface area contributed by atoms with Gasteiger partial charge in [0.25, 0.3) is 0 Å². The molecule has 0 spiro atoms. The summed E-state index contributed by atoms with van der Waals surface area (Å²) in [5.74, 6) is -1.91. The van der Waals surface area contributed by atoms with Gasteiger partial charge >= 0.3 is 5.97 Å². The molecule has 154 valence electrons. The van der Waals surface area contributed by atoms with Crippen LogP contribution >= 0.6 is 0 Å². The van der Waals surface area contributed by atoms with Crippen molar-refractivity contribution >= 4 is 17.8 Å². The zero-order valence-electron chi connectivity index (χ0n) is 16.0. The number of amides is 2. The molecule has 3 rings (SSSR count). The van der Waals surface area contributed by atoms with E-state index < -0.39 is 35.9 Å². The maximum absolute atomic E-state index is 13.1. The number of H-pyrrole nitrogens is 1. The van der Waals surface area contributed by atoms with Crippen molar-refractivity contribution in [2.45, 2.75) is 43.8 Å².